The Labute approximate surface area is 147 Å². The van der Waals surface area contributed by atoms with Gasteiger partial charge in [0.25, 0.3) is 0 Å². The van der Waals surface area contributed by atoms with Crippen molar-refractivity contribution in [1.29, 1.82) is 0 Å². The Morgan fingerprint density at radius 1 is 1.28 bits per heavy atom. The monoisotopic (exact) mass is 347 g/mol. The normalized spacial score (nSPS) is 17.2. The van der Waals surface area contributed by atoms with E-state index in [1.807, 2.05) is 13.0 Å². The minimum absolute atomic E-state index is 0.254. The number of aryl methyl sites for hydroxylation is 2. The van der Waals surface area contributed by atoms with Crippen LogP contribution in [0.5, 0.6) is 0 Å². The van der Waals surface area contributed by atoms with Crippen molar-refractivity contribution in [1.82, 2.24) is 15.5 Å². The van der Waals surface area contributed by atoms with Crippen LogP contribution in [0.4, 0.5) is 0 Å². The first-order valence-electron chi connectivity index (χ1n) is 8.77. The van der Waals surface area contributed by atoms with Crippen molar-refractivity contribution in [3.8, 4) is 0 Å². The van der Waals surface area contributed by atoms with Crippen LogP contribution in [0.15, 0.2) is 15.0 Å². The molecule has 0 spiro atoms. The number of carbonyl (C=O) groups is 1. The van der Waals surface area contributed by atoms with Crippen LogP contribution in [0.1, 0.15) is 72.1 Å². The summed E-state index contributed by atoms with van der Waals surface area (Å²) in [6, 6.07) is 1.87. The molecular weight excluding hydrogens is 322 g/mol. The Balaban J connectivity index is 1.80. The molecule has 0 saturated heterocycles. The van der Waals surface area contributed by atoms with Gasteiger partial charge in [-0.05, 0) is 25.8 Å². The second-order valence-corrected chi connectivity index (χ2v) is 6.70. The fraction of sp³-hybridized carbons (Fsp3) is 0.611. The highest BCUT2D eigenvalue weighted by atomic mass is 16.5. The van der Waals surface area contributed by atoms with Gasteiger partial charge in [0.05, 0.1) is 19.2 Å². The summed E-state index contributed by atoms with van der Waals surface area (Å²) in [6.45, 7) is 4.13. The van der Waals surface area contributed by atoms with Crippen molar-refractivity contribution in [2.24, 2.45) is 0 Å². The molecule has 1 fully saturated rings. The average Bonchev–Trinajstić information content (AvgIpc) is 3.12. The van der Waals surface area contributed by atoms with Gasteiger partial charge in [0, 0.05) is 12.5 Å². The quantitative estimate of drug-likeness (QED) is 0.654. The molecule has 0 aromatic carbocycles. The molecule has 7 heteroatoms. The summed E-state index contributed by atoms with van der Waals surface area (Å²) in [5, 5.41) is 7.76. The van der Waals surface area contributed by atoms with Gasteiger partial charge in [-0.2, -0.15) is 4.98 Å². The largest absolute Gasteiger partial charge is 0.463 e. The van der Waals surface area contributed by atoms with Crippen LogP contribution < -0.4 is 5.32 Å². The summed E-state index contributed by atoms with van der Waals surface area (Å²) in [6.07, 6.45) is 6.57. The molecule has 0 aliphatic heterocycles. The molecule has 0 radical (unpaired) electrons. The number of hydrogen-bond donors (Lipinski definition) is 1. The molecule has 136 valence electrons. The lowest BCUT2D eigenvalue weighted by atomic mass is 9.89. The van der Waals surface area contributed by atoms with Crippen LogP contribution in [-0.2, 0) is 16.8 Å². The van der Waals surface area contributed by atoms with Crippen molar-refractivity contribution in [3.05, 3.63) is 34.9 Å². The smallest absolute Gasteiger partial charge is 0.374 e. The lowest BCUT2D eigenvalue weighted by molar-refractivity contribution is 0.0561. The van der Waals surface area contributed by atoms with E-state index < -0.39 is 5.97 Å². The molecule has 2 aromatic heterocycles. The molecule has 7 nitrogen and oxygen atoms in total. The third-order valence-corrected chi connectivity index (χ3v) is 4.85. The Kier molecular flexibility index (Phi) is 5.22. The Morgan fingerprint density at radius 3 is 2.60 bits per heavy atom. The SMILES string of the molecule is COC(=O)c1oc(CNC2(c3noc(C)n3)CCCCCC2)cc1C. The summed E-state index contributed by atoms with van der Waals surface area (Å²) in [5.74, 6) is 1.78. The molecule has 2 aromatic rings. The van der Waals surface area contributed by atoms with E-state index >= 15 is 0 Å². The first-order chi connectivity index (χ1) is 12.0. The maximum Gasteiger partial charge on any atom is 0.374 e. The Morgan fingerprint density at radius 2 is 2.00 bits per heavy atom. The minimum Gasteiger partial charge on any atom is -0.463 e. The maximum atomic E-state index is 11.7. The van der Waals surface area contributed by atoms with Crippen LogP contribution in [0.3, 0.4) is 0 Å². The molecular formula is C18H25N3O4. The third kappa shape index (κ3) is 3.76. The van der Waals surface area contributed by atoms with E-state index in [0.29, 0.717) is 24.0 Å². The molecule has 0 unspecified atom stereocenters. The summed E-state index contributed by atoms with van der Waals surface area (Å²) in [4.78, 5) is 16.2. The molecule has 1 N–H and O–H groups in total. The fourth-order valence-corrected chi connectivity index (χ4v) is 3.49. The maximum absolute atomic E-state index is 11.7. The number of aromatic nitrogens is 2. The molecule has 3 rings (SSSR count). The molecule has 0 bridgehead atoms. The Bertz CT molecular complexity index is 727. The molecule has 1 saturated carbocycles. The third-order valence-electron chi connectivity index (χ3n) is 4.85. The molecule has 25 heavy (non-hydrogen) atoms. The number of furan rings is 1. The predicted molar refractivity (Wildman–Crippen MR) is 90.0 cm³/mol. The van der Waals surface area contributed by atoms with Crippen LogP contribution >= 0.6 is 0 Å². The van der Waals surface area contributed by atoms with Crippen LogP contribution in [-0.4, -0.2) is 23.2 Å². The van der Waals surface area contributed by atoms with Gasteiger partial charge in [0.15, 0.2) is 5.82 Å². The van der Waals surface area contributed by atoms with Gasteiger partial charge in [-0.15, -0.1) is 0 Å². The van der Waals surface area contributed by atoms with E-state index in [0.717, 1.165) is 31.2 Å². The van der Waals surface area contributed by atoms with E-state index in [9.17, 15) is 4.79 Å². The summed E-state index contributed by atoms with van der Waals surface area (Å²) in [7, 11) is 1.35. The number of esters is 1. The van der Waals surface area contributed by atoms with Gasteiger partial charge >= 0.3 is 5.97 Å². The van der Waals surface area contributed by atoms with E-state index in [1.54, 1.807) is 6.92 Å². The first kappa shape index (κ1) is 17.7. The number of methoxy groups -OCH3 is 1. The highest BCUT2D eigenvalue weighted by Gasteiger charge is 2.37. The average molecular weight is 347 g/mol. The van der Waals surface area contributed by atoms with Crippen molar-refractivity contribution < 1.29 is 18.5 Å². The zero-order chi connectivity index (χ0) is 17.9. The van der Waals surface area contributed by atoms with Crippen molar-refractivity contribution in [3.63, 3.8) is 0 Å². The van der Waals surface area contributed by atoms with Gasteiger partial charge in [-0.1, -0.05) is 30.8 Å². The molecule has 1 aliphatic carbocycles. The Hall–Kier alpha value is -2.15. The summed E-state index contributed by atoms with van der Waals surface area (Å²) < 4.78 is 15.6. The van der Waals surface area contributed by atoms with Gasteiger partial charge < -0.3 is 13.7 Å². The highest BCUT2D eigenvalue weighted by molar-refractivity contribution is 5.87. The lowest BCUT2D eigenvalue weighted by Crippen LogP contribution is -2.42. The van der Waals surface area contributed by atoms with Crippen molar-refractivity contribution >= 4 is 5.97 Å². The molecule has 1 aliphatic rings. The van der Waals surface area contributed by atoms with Gasteiger partial charge in [0.1, 0.15) is 5.76 Å². The number of nitrogens with one attached hydrogen (secondary N) is 1. The lowest BCUT2D eigenvalue weighted by Gasteiger charge is -2.30. The number of carbonyl (C=O) groups excluding carboxylic acids is 1. The van der Waals surface area contributed by atoms with Crippen molar-refractivity contribution in [2.75, 3.05) is 7.11 Å². The topological polar surface area (TPSA) is 90.4 Å². The fourth-order valence-electron chi connectivity index (χ4n) is 3.49. The number of hydrogen-bond acceptors (Lipinski definition) is 7. The molecule has 0 amide bonds. The van der Waals surface area contributed by atoms with Gasteiger partial charge in [0.2, 0.25) is 11.7 Å². The number of nitrogens with zero attached hydrogens (tertiary/aromatic N) is 2. The summed E-state index contributed by atoms with van der Waals surface area (Å²) in [5.41, 5.74) is 0.453. The zero-order valence-corrected chi connectivity index (χ0v) is 15.1. The second-order valence-electron chi connectivity index (χ2n) is 6.70. The predicted octanol–water partition coefficient (Wildman–Crippen LogP) is 3.41. The van der Waals surface area contributed by atoms with Crippen LogP contribution in [0.25, 0.3) is 0 Å². The first-order valence-corrected chi connectivity index (χ1v) is 8.77. The van der Waals surface area contributed by atoms with Gasteiger partial charge in [-0.3, -0.25) is 5.32 Å². The highest BCUT2D eigenvalue weighted by Crippen LogP contribution is 2.35. The van der Waals surface area contributed by atoms with E-state index in [4.69, 9.17) is 13.7 Å². The van der Waals surface area contributed by atoms with Crippen LogP contribution in [0, 0.1) is 13.8 Å². The zero-order valence-electron chi connectivity index (χ0n) is 15.1. The summed E-state index contributed by atoms with van der Waals surface area (Å²) >= 11 is 0. The standard InChI is InChI=1S/C18H25N3O4/c1-12-10-14(24-15(12)16(22)23-3)11-19-18(8-6-4-5-7-9-18)17-20-13(2)25-21-17/h10,19H,4-9,11H2,1-3H3. The molecule has 0 atom stereocenters. The molecule has 2 heterocycles. The van der Waals surface area contributed by atoms with E-state index in [1.165, 1.54) is 20.0 Å². The number of rotatable bonds is 5. The minimum atomic E-state index is -0.457. The number of ether oxygens (including phenoxy) is 1. The van der Waals surface area contributed by atoms with E-state index in [2.05, 4.69) is 15.5 Å². The van der Waals surface area contributed by atoms with Crippen LogP contribution in [0.2, 0.25) is 0 Å². The van der Waals surface area contributed by atoms with E-state index in [-0.39, 0.29) is 11.3 Å². The second kappa shape index (κ2) is 7.39. The van der Waals surface area contributed by atoms with Crippen molar-refractivity contribution in [2.45, 2.75) is 64.5 Å². The van der Waals surface area contributed by atoms with Gasteiger partial charge in [-0.25, -0.2) is 4.79 Å².